The molecule has 1 aromatic carbocycles. The largest absolute Gasteiger partial charge is 0.396 e. The Morgan fingerprint density at radius 1 is 1.42 bits per heavy atom. The van der Waals surface area contributed by atoms with Crippen LogP contribution in [0.3, 0.4) is 0 Å². The third kappa shape index (κ3) is 3.19. The highest BCUT2D eigenvalue weighted by molar-refractivity contribution is 5.92. The molecular formula is C18H22FN3O2. The number of aliphatic hydroxyl groups excluding tert-OH is 1. The van der Waals surface area contributed by atoms with Crippen molar-refractivity contribution >= 4 is 5.91 Å². The first-order chi connectivity index (χ1) is 11.6. The maximum atomic E-state index is 13.3. The first-order valence-corrected chi connectivity index (χ1v) is 8.29. The van der Waals surface area contributed by atoms with Crippen molar-refractivity contribution in [3.8, 4) is 5.69 Å². The third-order valence-corrected chi connectivity index (χ3v) is 4.72. The highest BCUT2D eigenvalue weighted by atomic mass is 19.1. The smallest absolute Gasteiger partial charge is 0.274 e. The van der Waals surface area contributed by atoms with Gasteiger partial charge in [-0.1, -0.05) is 19.4 Å². The first kappa shape index (κ1) is 16.6. The molecule has 1 fully saturated rings. The van der Waals surface area contributed by atoms with Crippen LogP contribution in [0.25, 0.3) is 5.69 Å². The van der Waals surface area contributed by atoms with Crippen LogP contribution in [0, 0.1) is 11.2 Å². The number of rotatable bonds is 5. The van der Waals surface area contributed by atoms with Crippen molar-refractivity contribution in [1.29, 1.82) is 0 Å². The van der Waals surface area contributed by atoms with Gasteiger partial charge in [-0.05, 0) is 37.1 Å². The Hall–Kier alpha value is -2.21. The molecule has 3 rings (SSSR count). The molecule has 1 unspecified atom stereocenters. The quantitative estimate of drug-likeness (QED) is 0.916. The van der Waals surface area contributed by atoms with E-state index in [9.17, 15) is 14.3 Å². The van der Waals surface area contributed by atoms with E-state index >= 15 is 0 Å². The predicted octanol–water partition coefficient (Wildman–Crippen LogP) is 2.64. The number of carbonyl (C=O) groups is 1. The zero-order chi connectivity index (χ0) is 17.2. The van der Waals surface area contributed by atoms with E-state index in [-0.39, 0.29) is 23.7 Å². The molecule has 24 heavy (non-hydrogen) atoms. The van der Waals surface area contributed by atoms with Gasteiger partial charge in [0.15, 0.2) is 5.69 Å². The molecule has 2 heterocycles. The summed E-state index contributed by atoms with van der Waals surface area (Å²) in [6.07, 6.45) is 4.36. The lowest BCUT2D eigenvalue weighted by Gasteiger charge is -2.26. The van der Waals surface area contributed by atoms with Crippen LogP contribution in [0.1, 0.15) is 36.7 Å². The second kappa shape index (κ2) is 6.73. The van der Waals surface area contributed by atoms with E-state index in [1.807, 2.05) is 0 Å². The second-order valence-electron chi connectivity index (χ2n) is 6.51. The fourth-order valence-electron chi connectivity index (χ4n) is 3.41. The van der Waals surface area contributed by atoms with Crippen LogP contribution in [0.4, 0.5) is 4.39 Å². The Kier molecular flexibility index (Phi) is 4.66. The van der Waals surface area contributed by atoms with Gasteiger partial charge in [0.1, 0.15) is 5.82 Å². The van der Waals surface area contributed by atoms with Gasteiger partial charge in [0.05, 0.1) is 12.3 Å². The van der Waals surface area contributed by atoms with Gasteiger partial charge < -0.3 is 10.0 Å². The SMILES string of the molecule is CCCC1(CO)CCN(C(=O)c2ccn(-c3cccc(F)c3)n2)C1. The van der Waals surface area contributed by atoms with Crippen LogP contribution < -0.4 is 0 Å². The van der Waals surface area contributed by atoms with E-state index in [1.165, 1.54) is 16.8 Å². The number of nitrogens with zero attached hydrogens (tertiary/aromatic N) is 3. The molecule has 5 nitrogen and oxygen atoms in total. The minimum Gasteiger partial charge on any atom is -0.396 e. The maximum Gasteiger partial charge on any atom is 0.274 e. The molecule has 1 N–H and O–H groups in total. The molecule has 6 heteroatoms. The number of halogens is 1. The van der Waals surface area contributed by atoms with Crippen LogP contribution >= 0.6 is 0 Å². The minimum atomic E-state index is -0.345. The summed E-state index contributed by atoms with van der Waals surface area (Å²) in [5, 5.41) is 14.0. The molecule has 1 atom stereocenters. The topological polar surface area (TPSA) is 58.4 Å². The van der Waals surface area contributed by atoms with E-state index in [0.717, 1.165) is 19.3 Å². The van der Waals surface area contributed by atoms with Gasteiger partial charge in [0, 0.05) is 24.7 Å². The monoisotopic (exact) mass is 331 g/mol. The molecule has 1 saturated heterocycles. The summed E-state index contributed by atoms with van der Waals surface area (Å²) in [6, 6.07) is 7.72. The number of likely N-dealkylation sites (tertiary alicyclic amines) is 1. The summed E-state index contributed by atoms with van der Waals surface area (Å²) in [5.74, 6) is -0.487. The summed E-state index contributed by atoms with van der Waals surface area (Å²) in [4.78, 5) is 14.4. The Morgan fingerprint density at radius 3 is 2.96 bits per heavy atom. The molecule has 1 aliphatic rings. The van der Waals surface area contributed by atoms with E-state index in [4.69, 9.17) is 0 Å². The van der Waals surface area contributed by atoms with Crippen LogP contribution in [-0.2, 0) is 0 Å². The van der Waals surface area contributed by atoms with Crippen molar-refractivity contribution in [3.05, 3.63) is 48.0 Å². The van der Waals surface area contributed by atoms with Crippen LogP contribution in [0.2, 0.25) is 0 Å². The van der Waals surface area contributed by atoms with Crippen molar-refractivity contribution in [2.45, 2.75) is 26.2 Å². The van der Waals surface area contributed by atoms with Crippen molar-refractivity contribution in [1.82, 2.24) is 14.7 Å². The van der Waals surface area contributed by atoms with Crippen molar-refractivity contribution in [2.24, 2.45) is 5.41 Å². The number of hydrogen-bond donors (Lipinski definition) is 1. The van der Waals surface area contributed by atoms with E-state index in [0.29, 0.717) is 24.5 Å². The average molecular weight is 331 g/mol. The first-order valence-electron chi connectivity index (χ1n) is 8.29. The van der Waals surface area contributed by atoms with E-state index in [2.05, 4.69) is 12.0 Å². The lowest BCUT2D eigenvalue weighted by atomic mass is 9.83. The van der Waals surface area contributed by atoms with Crippen molar-refractivity contribution in [2.75, 3.05) is 19.7 Å². The summed E-state index contributed by atoms with van der Waals surface area (Å²) < 4.78 is 14.8. The molecule has 0 saturated carbocycles. The Labute approximate surface area is 140 Å². The Bertz CT molecular complexity index is 731. The second-order valence-corrected chi connectivity index (χ2v) is 6.51. The average Bonchev–Trinajstić information content (AvgIpc) is 3.23. The molecule has 128 valence electrons. The number of aromatic nitrogens is 2. The van der Waals surface area contributed by atoms with Gasteiger partial charge in [-0.25, -0.2) is 9.07 Å². The number of amides is 1. The summed E-state index contributed by atoms with van der Waals surface area (Å²) in [5.41, 5.74) is 0.728. The lowest BCUT2D eigenvalue weighted by molar-refractivity contribution is 0.0723. The standard InChI is InChI=1S/C18H22FN3O2/c1-2-7-18(13-23)8-10-21(12-18)17(24)16-6-9-22(20-16)15-5-3-4-14(19)11-15/h3-6,9,11,23H,2,7-8,10,12-13H2,1H3. The number of benzene rings is 1. The maximum absolute atomic E-state index is 13.3. The van der Waals surface area contributed by atoms with Gasteiger partial charge in [-0.2, -0.15) is 5.10 Å². The fourth-order valence-corrected chi connectivity index (χ4v) is 3.41. The van der Waals surface area contributed by atoms with Crippen molar-refractivity contribution in [3.63, 3.8) is 0 Å². The third-order valence-electron chi connectivity index (χ3n) is 4.72. The molecule has 1 aliphatic heterocycles. The normalized spacial score (nSPS) is 20.5. The molecule has 0 bridgehead atoms. The van der Waals surface area contributed by atoms with Crippen LogP contribution in [-0.4, -0.2) is 45.4 Å². The van der Waals surface area contributed by atoms with Crippen LogP contribution in [0.15, 0.2) is 36.5 Å². The van der Waals surface area contributed by atoms with E-state index in [1.54, 1.807) is 29.3 Å². The summed E-state index contributed by atoms with van der Waals surface area (Å²) >= 11 is 0. The lowest BCUT2D eigenvalue weighted by Crippen LogP contribution is -2.34. The molecule has 0 radical (unpaired) electrons. The summed E-state index contributed by atoms with van der Waals surface area (Å²) in [6.45, 7) is 3.38. The number of hydrogen-bond acceptors (Lipinski definition) is 3. The molecule has 1 aromatic heterocycles. The number of carbonyl (C=O) groups excluding carboxylic acids is 1. The number of aliphatic hydroxyl groups is 1. The zero-order valence-corrected chi connectivity index (χ0v) is 13.8. The molecule has 0 aliphatic carbocycles. The predicted molar refractivity (Wildman–Crippen MR) is 88.5 cm³/mol. The highest BCUT2D eigenvalue weighted by Crippen LogP contribution is 2.35. The van der Waals surface area contributed by atoms with Crippen molar-refractivity contribution < 1.29 is 14.3 Å². The molecule has 0 spiro atoms. The van der Waals surface area contributed by atoms with Gasteiger partial charge in [-0.15, -0.1) is 0 Å². The summed E-state index contributed by atoms with van der Waals surface area (Å²) in [7, 11) is 0. The molecule has 2 aromatic rings. The minimum absolute atomic E-state index is 0.0996. The van der Waals surface area contributed by atoms with Gasteiger partial charge in [0.25, 0.3) is 5.91 Å². The highest BCUT2D eigenvalue weighted by Gasteiger charge is 2.39. The Balaban J connectivity index is 1.75. The van der Waals surface area contributed by atoms with Gasteiger partial charge in [0.2, 0.25) is 0 Å². The zero-order valence-electron chi connectivity index (χ0n) is 13.8. The van der Waals surface area contributed by atoms with Crippen LogP contribution in [0.5, 0.6) is 0 Å². The van der Waals surface area contributed by atoms with E-state index < -0.39 is 0 Å². The van der Waals surface area contributed by atoms with Gasteiger partial charge >= 0.3 is 0 Å². The molecular weight excluding hydrogens is 309 g/mol. The fraction of sp³-hybridized carbons (Fsp3) is 0.444. The van der Waals surface area contributed by atoms with Gasteiger partial charge in [-0.3, -0.25) is 4.79 Å². The molecule has 1 amide bonds. The Morgan fingerprint density at radius 2 is 2.25 bits per heavy atom.